The molecule has 0 radical (unpaired) electrons. The van der Waals surface area contributed by atoms with Gasteiger partial charge >= 0.3 is 5.97 Å². The molecule has 1 fully saturated rings. The van der Waals surface area contributed by atoms with E-state index in [1.54, 1.807) is 31.2 Å². The minimum absolute atomic E-state index is 0.0459. The Morgan fingerprint density at radius 2 is 1.66 bits per heavy atom. The largest absolute Gasteiger partial charge is 0.461 e. The minimum Gasteiger partial charge on any atom is -0.461 e. The fourth-order valence-electron chi connectivity index (χ4n) is 3.54. The van der Waals surface area contributed by atoms with Gasteiger partial charge in [0.1, 0.15) is 12.0 Å². The van der Waals surface area contributed by atoms with E-state index in [-0.39, 0.29) is 12.3 Å². The number of aryl methyl sites for hydroxylation is 1. The highest BCUT2D eigenvalue weighted by Crippen LogP contribution is 2.38. The summed E-state index contributed by atoms with van der Waals surface area (Å²) in [6.07, 6.45) is 0. The summed E-state index contributed by atoms with van der Waals surface area (Å²) in [5.74, 6) is -2.60. The summed E-state index contributed by atoms with van der Waals surface area (Å²) in [5.41, 5.74) is 2.08. The van der Waals surface area contributed by atoms with E-state index in [0.717, 1.165) is 14.9 Å². The predicted octanol–water partition coefficient (Wildman–Crippen LogP) is 3.05. The van der Waals surface area contributed by atoms with Crippen LogP contribution in [-0.4, -0.2) is 36.1 Å². The SMILES string of the molecule is CCOC(=O)C1=NN(c2ccc(C)cc2)C2C(=O)N(c3ccc(Br)cc3)C(=O)C12. The standard InChI is InChI=1S/C21H18BrN3O4/c1-3-29-21(28)17-16-18(25(23-17)15-8-4-12(2)5-9-15)20(27)24(19(16)26)14-10-6-13(22)7-11-14/h4-11,16,18H,3H2,1-2H3. The molecule has 8 heteroatoms. The van der Waals surface area contributed by atoms with Gasteiger partial charge < -0.3 is 4.74 Å². The van der Waals surface area contributed by atoms with Crippen molar-refractivity contribution >= 4 is 50.8 Å². The van der Waals surface area contributed by atoms with Crippen LogP contribution in [-0.2, 0) is 19.1 Å². The Morgan fingerprint density at radius 3 is 2.28 bits per heavy atom. The molecule has 1 saturated heterocycles. The molecule has 2 heterocycles. The van der Waals surface area contributed by atoms with Crippen molar-refractivity contribution in [1.82, 2.24) is 0 Å². The predicted molar refractivity (Wildman–Crippen MR) is 112 cm³/mol. The second-order valence-corrected chi connectivity index (χ2v) is 7.71. The minimum atomic E-state index is -1.01. The number of hydrogen-bond donors (Lipinski definition) is 0. The first-order chi connectivity index (χ1) is 13.9. The maximum Gasteiger partial charge on any atom is 0.355 e. The van der Waals surface area contributed by atoms with Crippen molar-refractivity contribution in [2.45, 2.75) is 19.9 Å². The van der Waals surface area contributed by atoms with Crippen molar-refractivity contribution in [3.8, 4) is 0 Å². The second kappa shape index (κ2) is 7.44. The third-order valence-corrected chi connectivity index (χ3v) is 5.45. The molecular formula is C21H18BrN3O4. The number of benzene rings is 2. The fraction of sp³-hybridized carbons (Fsp3) is 0.238. The zero-order chi connectivity index (χ0) is 20.7. The molecule has 2 unspecified atom stereocenters. The number of hydrogen-bond acceptors (Lipinski definition) is 6. The Kier molecular flexibility index (Phi) is 4.96. The number of hydrazone groups is 1. The van der Waals surface area contributed by atoms with Gasteiger partial charge in [-0.05, 0) is 50.2 Å². The molecule has 0 spiro atoms. The van der Waals surface area contributed by atoms with Crippen LogP contribution in [0, 0.1) is 12.8 Å². The number of esters is 1. The summed E-state index contributed by atoms with van der Waals surface area (Å²) < 4.78 is 5.92. The van der Waals surface area contributed by atoms with Crippen LogP contribution in [0.5, 0.6) is 0 Å². The van der Waals surface area contributed by atoms with Crippen LogP contribution in [0.25, 0.3) is 0 Å². The second-order valence-electron chi connectivity index (χ2n) is 6.80. The smallest absolute Gasteiger partial charge is 0.355 e. The first-order valence-corrected chi connectivity index (χ1v) is 9.96. The zero-order valence-corrected chi connectivity index (χ0v) is 17.4. The highest BCUT2D eigenvalue weighted by Gasteiger charge is 2.59. The zero-order valence-electron chi connectivity index (χ0n) is 15.8. The Bertz CT molecular complexity index is 1020. The van der Waals surface area contributed by atoms with Crippen LogP contribution < -0.4 is 9.91 Å². The van der Waals surface area contributed by atoms with Gasteiger partial charge in [0, 0.05) is 4.47 Å². The van der Waals surface area contributed by atoms with E-state index in [1.165, 1.54) is 5.01 Å². The molecule has 4 rings (SSSR count). The van der Waals surface area contributed by atoms with Crippen LogP contribution in [0.2, 0.25) is 0 Å². The molecule has 29 heavy (non-hydrogen) atoms. The van der Waals surface area contributed by atoms with Gasteiger partial charge in [-0.2, -0.15) is 5.10 Å². The number of nitrogens with zero attached hydrogens (tertiary/aromatic N) is 3. The van der Waals surface area contributed by atoms with Crippen LogP contribution in [0.15, 0.2) is 58.1 Å². The normalized spacial score (nSPS) is 20.7. The van der Waals surface area contributed by atoms with Crippen LogP contribution in [0.1, 0.15) is 12.5 Å². The molecular weight excluding hydrogens is 438 g/mol. The molecule has 0 N–H and O–H groups in total. The summed E-state index contributed by atoms with van der Waals surface area (Å²) in [5, 5.41) is 5.79. The fourth-order valence-corrected chi connectivity index (χ4v) is 3.81. The Labute approximate surface area is 176 Å². The van der Waals surface area contributed by atoms with E-state index in [2.05, 4.69) is 21.0 Å². The molecule has 2 amide bonds. The average molecular weight is 456 g/mol. The monoisotopic (exact) mass is 455 g/mol. The van der Waals surface area contributed by atoms with Gasteiger partial charge in [0.15, 0.2) is 5.71 Å². The molecule has 7 nitrogen and oxygen atoms in total. The molecule has 2 aliphatic heterocycles. The first kappa shape index (κ1) is 19.3. The quantitative estimate of drug-likeness (QED) is 0.522. The number of amides is 2. The molecule has 0 saturated carbocycles. The lowest BCUT2D eigenvalue weighted by Crippen LogP contribution is -2.39. The highest BCUT2D eigenvalue weighted by atomic mass is 79.9. The van der Waals surface area contributed by atoms with E-state index in [9.17, 15) is 14.4 Å². The summed E-state index contributed by atoms with van der Waals surface area (Å²) in [6, 6.07) is 13.3. The van der Waals surface area contributed by atoms with Gasteiger partial charge in [-0.1, -0.05) is 33.6 Å². The summed E-state index contributed by atoms with van der Waals surface area (Å²) in [7, 11) is 0. The van der Waals surface area contributed by atoms with Gasteiger partial charge in [-0.15, -0.1) is 0 Å². The Morgan fingerprint density at radius 1 is 1.03 bits per heavy atom. The van der Waals surface area contributed by atoms with E-state index in [4.69, 9.17) is 4.74 Å². The van der Waals surface area contributed by atoms with E-state index in [1.807, 2.05) is 31.2 Å². The van der Waals surface area contributed by atoms with Crippen molar-refractivity contribution in [2.75, 3.05) is 16.5 Å². The van der Waals surface area contributed by atoms with Crippen molar-refractivity contribution in [1.29, 1.82) is 0 Å². The molecule has 2 aromatic carbocycles. The van der Waals surface area contributed by atoms with Crippen molar-refractivity contribution < 1.29 is 19.1 Å². The van der Waals surface area contributed by atoms with Gasteiger partial charge in [0.2, 0.25) is 5.91 Å². The summed E-state index contributed by atoms with van der Waals surface area (Å²) in [6.45, 7) is 3.78. The molecule has 2 atom stereocenters. The van der Waals surface area contributed by atoms with Crippen LogP contribution >= 0.6 is 15.9 Å². The topological polar surface area (TPSA) is 79.3 Å². The number of rotatable bonds is 4. The van der Waals surface area contributed by atoms with Crippen LogP contribution in [0.4, 0.5) is 11.4 Å². The lowest BCUT2D eigenvalue weighted by molar-refractivity contribution is -0.136. The van der Waals surface area contributed by atoms with E-state index >= 15 is 0 Å². The van der Waals surface area contributed by atoms with Crippen LogP contribution in [0.3, 0.4) is 0 Å². The van der Waals surface area contributed by atoms with E-state index < -0.39 is 29.7 Å². The van der Waals surface area contributed by atoms with Crippen molar-refractivity contribution in [3.63, 3.8) is 0 Å². The van der Waals surface area contributed by atoms with Crippen molar-refractivity contribution in [3.05, 3.63) is 58.6 Å². The third-order valence-electron chi connectivity index (χ3n) is 4.92. The van der Waals surface area contributed by atoms with Gasteiger partial charge in [0.05, 0.1) is 18.0 Å². The molecule has 0 bridgehead atoms. The highest BCUT2D eigenvalue weighted by molar-refractivity contribution is 9.10. The molecule has 0 aromatic heterocycles. The number of halogens is 1. The van der Waals surface area contributed by atoms with E-state index in [0.29, 0.717) is 11.4 Å². The number of carbonyl (C=O) groups is 3. The molecule has 2 aromatic rings. The Balaban J connectivity index is 1.78. The average Bonchev–Trinajstić information content (AvgIpc) is 3.21. The lowest BCUT2D eigenvalue weighted by atomic mass is 9.97. The number of anilines is 2. The van der Waals surface area contributed by atoms with Gasteiger partial charge in [-0.25, -0.2) is 9.69 Å². The maximum atomic E-state index is 13.3. The number of imide groups is 1. The first-order valence-electron chi connectivity index (χ1n) is 9.17. The molecule has 148 valence electrons. The molecule has 2 aliphatic rings. The maximum absolute atomic E-state index is 13.3. The summed E-state index contributed by atoms with van der Waals surface area (Å²) in [4.78, 5) is 40.1. The third kappa shape index (κ3) is 3.23. The van der Waals surface area contributed by atoms with Crippen molar-refractivity contribution in [2.24, 2.45) is 11.0 Å². The number of carbonyl (C=O) groups excluding carboxylic acids is 3. The number of ether oxygens (including phenoxy) is 1. The Hall–Kier alpha value is -3.00. The van der Waals surface area contributed by atoms with Gasteiger partial charge in [-0.3, -0.25) is 14.6 Å². The summed E-state index contributed by atoms with van der Waals surface area (Å²) >= 11 is 3.35. The number of fused-ring (bicyclic) bond motifs is 1. The lowest BCUT2D eigenvalue weighted by Gasteiger charge is -2.22. The molecule has 0 aliphatic carbocycles. The van der Waals surface area contributed by atoms with Gasteiger partial charge in [0.25, 0.3) is 5.91 Å².